The predicted octanol–water partition coefficient (Wildman–Crippen LogP) is 3.05. The van der Waals surface area contributed by atoms with Gasteiger partial charge in [0.15, 0.2) is 5.82 Å². The molecule has 2 aromatic heterocycles. The number of amides is 1. The number of carbonyl (C=O) groups is 1. The minimum atomic E-state index is -0.160. The normalized spacial score (nSPS) is 13.9. The Hall–Kier alpha value is -2.89. The second-order valence-corrected chi connectivity index (χ2v) is 5.66. The van der Waals surface area contributed by atoms with Gasteiger partial charge in [-0.2, -0.15) is 4.98 Å². The Morgan fingerprint density at radius 1 is 1.22 bits per heavy atom. The van der Waals surface area contributed by atoms with Gasteiger partial charge in [0.1, 0.15) is 5.69 Å². The Labute approximate surface area is 133 Å². The summed E-state index contributed by atoms with van der Waals surface area (Å²) >= 11 is 0. The van der Waals surface area contributed by atoms with Crippen LogP contribution in [0.25, 0.3) is 0 Å². The number of aromatic nitrogens is 3. The van der Waals surface area contributed by atoms with E-state index in [1.807, 2.05) is 47.2 Å². The number of nitrogens with one attached hydrogen (secondary N) is 1. The highest BCUT2D eigenvalue weighted by atomic mass is 16.5. The van der Waals surface area contributed by atoms with Crippen LogP contribution < -0.4 is 5.32 Å². The molecule has 0 unspecified atom stereocenters. The topological polar surface area (TPSA) is 73.0 Å². The lowest BCUT2D eigenvalue weighted by Gasteiger charge is -2.08. The number of benzene rings is 1. The Bertz CT molecular complexity index is 818. The minimum absolute atomic E-state index is 0.160. The van der Waals surface area contributed by atoms with Crippen molar-refractivity contribution in [3.05, 3.63) is 66.1 Å². The van der Waals surface area contributed by atoms with E-state index in [2.05, 4.69) is 15.5 Å². The van der Waals surface area contributed by atoms with Crippen molar-refractivity contribution >= 4 is 11.6 Å². The molecule has 1 aromatic carbocycles. The predicted molar refractivity (Wildman–Crippen MR) is 84.2 cm³/mol. The summed E-state index contributed by atoms with van der Waals surface area (Å²) < 4.78 is 7.08. The van der Waals surface area contributed by atoms with Gasteiger partial charge in [0.2, 0.25) is 5.89 Å². The summed E-state index contributed by atoms with van der Waals surface area (Å²) in [7, 11) is 0. The average molecular weight is 308 g/mol. The number of hydrogen-bond acceptors (Lipinski definition) is 4. The maximum absolute atomic E-state index is 12.4. The molecule has 1 aliphatic rings. The molecule has 0 bridgehead atoms. The summed E-state index contributed by atoms with van der Waals surface area (Å²) in [6.45, 7) is 0.417. The van der Waals surface area contributed by atoms with Crippen LogP contribution in [0.1, 0.15) is 41.0 Å². The molecule has 0 atom stereocenters. The second kappa shape index (κ2) is 5.72. The van der Waals surface area contributed by atoms with Gasteiger partial charge in [-0.3, -0.25) is 4.79 Å². The smallest absolute Gasteiger partial charge is 0.272 e. The first-order chi connectivity index (χ1) is 11.3. The van der Waals surface area contributed by atoms with E-state index in [4.69, 9.17) is 4.52 Å². The average Bonchev–Trinajstić information content (AvgIpc) is 3.13. The third-order valence-electron chi connectivity index (χ3n) is 3.82. The maximum atomic E-state index is 12.4. The first-order valence-corrected chi connectivity index (χ1v) is 7.63. The fraction of sp³-hybridized carbons (Fsp3) is 0.235. The number of rotatable bonds is 5. The number of carbonyl (C=O) groups excluding carboxylic acids is 1. The quantitative estimate of drug-likeness (QED) is 0.786. The van der Waals surface area contributed by atoms with E-state index in [0.29, 0.717) is 29.9 Å². The molecule has 1 N–H and O–H groups in total. The molecule has 2 heterocycles. The molecule has 1 fully saturated rings. The van der Waals surface area contributed by atoms with Crippen LogP contribution in [0, 0.1) is 0 Å². The molecule has 0 aliphatic heterocycles. The summed E-state index contributed by atoms with van der Waals surface area (Å²) in [5, 5.41) is 6.88. The zero-order chi connectivity index (χ0) is 15.6. The fourth-order valence-corrected chi connectivity index (χ4v) is 2.45. The van der Waals surface area contributed by atoms with Crippen molar-refractivity contribution in [1.82, 2.24) is 14.7 Å². The minimum Gasteiger partial charge on any atom is -0.339 e. The highest BCUT2D eigenvalue weighted by Crippen LogP contribution is 2.38. The molecule has 1 aliphatic carbocycles. The summed E-state index contributed by atoms with van der Waals surface area (Å²) in [6.07, 6.45) is 4.08. The monoisotopic (exact) mass is 308 g/mol. The van der Waals surface area contributed by atoms with Crippen LogP contribution in [0.3, 0.4) is 0 Å². The van der Waals surface area contributed by atoms with Gasteiger partial charge in [0, 0.05) is 17.8 Å². The molecule has 0 radical (unpaired) electrons. The van der Waals surface area contributed by atoms with Crippen molar-refractivity contribution in [3.63, 3.8) is 0 Å². The number of nitrogens with zero attached hydrogens (tertiary/aromatic N) is 3. The summed E-state index contributed by atoms with van der Waals surface area (Å²) in [4.78, 5) is 16.8. The van der Waals surface area contributed by atoms with Crippen LogP contribution in [0.2, 0.25) is 0 Å². The molecule has 4 rings (SSSR count). The van der Waals surface area contributed by atoms with Crippen LogP contribution in [-0.4, -0.2) is 20.6 Å². The second-order valence-electron chi connectivity index (χ2n) is 5.66. The van der Waals surface area contributed by atoms with Crippen molar-refractivity contribution in [2.24, 2.45) is 0 Å². The molecule has 1 amide bonds. The summed E-state index contributed by atoms with van der Waals surface area (Å²) in [5.74, 6) is 1.58. The zero-order valence-corrected chi connectivity index (χ0v) is 12.5. The van der Waals surface area contributed by atoms with Crippen LogP contribution in [0.15, 0.2) is 53.2 Å². The first kappa shape index (κ1) is 13.8. The van der Waals surface area contributed by atoms with Gasteiger partial charge in [0.05, 0.1) is 6.54 Å². The SMILES string of the molecule is O=C(Nc1ccccc1)c1cccn1Cc1noc(C2CC2)n1. The molecule has 3 aromatic rings. The molecule has 0 saturated heterocycles. The van der Waals surface area contributed by atoms with Crippen molar-refractivity contribution in [3.8, 4) is 0 Å². The van der Waals surface area contributed by atoms with E-state index >= 15 is 0 Å². The van der Waals surface area contributed by atoms with Gasteiger partial charge in [-0.05, 0) is 37.1 Å². The lowest BCUT2D eigenvalue weighted by Crippen LogP contribution is -2.17. The number of anilines is 1. The molecule has 6 nitrogen and oxygen atoms in total. The Balaban J connectivity index is 1.49. The van der Waals surface area contributed by atoms with E-state index in [1.165, 1.54) is 0 Å². The third kappa shape index (κ3) is 3.01. The van der Waals surface area contributed by atoms with E-state index in [1.54, 1.807) is 6.07 Å². The van der Waals surface area contributed by atoms with Crippen LogP contribution >= 0.6 is 0 Å². The van der Waals surface area contributed by atoms with Crippen molar-refractivity contribution in [2.75, 3.05) is 5.32 Å². The molecule has 23 heavy (non-hydrogen) atoms. The molecule has 0 spiro atoms. The van der Waals surface area contributed by atoms with Crippen molar-refractivity contribution in [1.29, 1.82) is 0 Å². The van der Waals surface area contributed by atoms with Crippen LogP contribution in [0.5, 0.6) is 0 Å². The molecule has 6 heteroatoms. The largest absolute Gasteiger partial charge is 0.339 e. The highest BCUT2D eigenvalue weighted by Gasteiger charge is 2.29. The number of hydrogen-bond donors (Lipinski definition) is 1. The van der Waals surface area contributed by atoms with E-state index in [9.17, 15) is 4.79 Å². The summed E-state index contributed by atoms with van der Waals surface area (Å²) in [6, 6.07) is 13.0. The summed E-state index contributed by atoms with van der Waals surface area (Å²) in [5.41, 5.74) is 1.33. The molecule has 116 valence electrons. The first-order valence-electron chi connectivity index (χ1n) is 7.63. The van der Waals surface area contributed by atoms with Crippen molar-refractivity contribution in [2.45, 2.75) is 25.3 Å². The van der Waals surface area contributed by atoms with Gasteiger partial charge in [-0.25, -0.2) is 0 Å². The lowest BCUT2D eigenvalue weighted by atomic mass is 10.3. The Morgan fingerprint density at radius 2 is 2.04 bits per heavy atom. The number of para-hydroxylation sites is 1. The van der Waals surface area contributed by atoms with Crippen molar-refractivity contribution < 1.29 is 9.32 Å². The Morgan fingerprint density at radius 3 is 2.83 bits per heavy atom. The zero-order valence-electron chi connectivity index (χ0n) is 12.5. The van der Waals surface area contributed by atoms with Gasteiger partial charge in [0.25, 0.3) is 5.91 Å². The van der Waals surface area contributed by atoms with Gasteiger partial charge in [-0.1, -0.05) is 23.4 Å². The molecular formula is C17H16N4O2. The molecular weight excluding hydrogens is 292 g/mol. The van der Waals surface area contributed by atoms with Crippen LogP contribution in [-0.2, 0) is 6.54 Å². The molecule has 1 saturated carbocycles. The standard InChI is InChI=1S/C17H16N4O2/c22-16(18-13-5-2-1-3-6-13)14-7-4-10-21(14)11-15-19-17(23-20-15)12-8-9-12/h1-7,10,12H,8-9,11H2,(H,18,22). The van der Waals surface area contributed by atoms with Gasteiger partial charge < -0.3 is 14.4 Å². The van der Waals surface area contributed by atoms with Gasteiger partial charge >= 0.3 is 0 Å². The van der Waals surface area contributed by atoms with E-state index < -0.39 is 0 Å². The van der Waals surface area contributed by atoms with E-state index in [-0.39, 0.29) is 5.91 Å². The van der Waals surface area contributed by atoms with E-state index in [0.717, 1.165) is 18.5 Å². The fourth-order valence-electron chi connectivity index (χ4n) is 2.45. The highest BCUT2D eigenvalue weighted by molar-refractivity contribution is 6.03. The van der Waals surface area contributed by atoms with Gasteiger partial charge in [-0.15, -0.1) is 0 Å². The van der Waals surface area contributed by atoms with Crippen LogP contribution in [0.4, 0.5) is 5.69 Å². The third-order valence-corrected chi connectivity index (χ3v) is 3.82. The maximum Gasteiger partial charge on any atom is 0.272 e. The lowest BCUT2D eigenvalue weighted by molar-refractivity contribution is 0.101. The Kier molecular flexibility index (Phi) is 3.42.